The van der Waals surface area contributed by atoms with Gasteiger partial charge in [-0.2, -0.15) is 0 Å². The average molecular weight is 269 g/mol. The van der Waals surface area contributed by atoms with Crippen molar-refractivity contribution in [2.24, 2.45) is 7.05 Å². The van der Waals surface area contributed by atoms with Gasteiger partial charge in [0.2, 0.25) is 0 Å². The molecule has 0 saturated carbocycles. The number of nitrogens with zero attached hydrogens (tertiary/aromatic N) is 1. The fraction of sp³-hybridized carbons (Fsp3) is 0.235. The van der Waals surface area contributed by atoms with Gasteiger partial charge in [-0.1, -0.05) is 25.6 Å². The lowest BCUT2D eigenvalue weighted by Gasteiger charge is -2.13. The number of fused-ring (bicyclic) bond motifs is 1. The minimum atomic E-state index is -0.0868. The number of ether oxygens (including phenoxy) is 1. The summed E-state index contributed by atoms with van der Waals surface area (Å²) in [6, 6.07) is 9.23. The van der Waals surface area contributed by atoms with Gasteiger partial charge < -0.3 is 9.30 Å². The van der Waals surface area contributed by atoms with Crippen molar-refractivity contribution >= 4 is 10.9 Å². The molecule has 0 aliphatic rings. The van der Waals surface area contributed by atoms with Crippen LogP contribution in [0.5, 0.6) is 5.75 Å². The summed E-state index contributed by atoms with van der Waals surface area (Å²) in [7, 11) is 1.76. The third kappa shape index (κ3) is 2.67. The first-order valence-corrected chi connectivity index (χ1v) is 6.67. The summed E-state index contributed by atoms with van der Waals surface area (Å²) >= 11 is 0. The van der Waals surface area contributed by atoms with E-state index < -0.39 is 0 Å². The van der Waals surface area contributed by atoms with Gasteiger partial charge in [-0.15, -0.1) is 0 Å². The van der Waals surface area contributed by atoms with E-state index in [1.807, 2.05) is 44.2 Å². The minimum absolute atomic E-state index is 0.0868. The summed E-state index contributed by atoms with van der Waals surface area (Å²) in [6.45, 7) is 7.84. The summed E-state index contributed by atoms with van der Waals surface area (Å²) in [5.74, 6) is 1.29. The molecule has 0 saturated heterocycles. The van der Waals surface area contributed by atoms with E-state index in [0.29, 0.717) is 11.5 Å². The molecule has 0 bridgehead atoms. The SMILES string of the molecule is C=C(C)/C(=C/CC)Oc1cc(=O)n(C)c2ccccc12. The van der Waals surface area contributed by atoms with Crippen LogP contribution in [0.4, 0.5) is 0 Å². The molecule has 2 aromatic rings. The Balaban J connectivity index is 2.61. The number of benzene rings is 1. The van der Waals surface area contributed by atoms with Gasteiger partial charge in [-0.25, -0.2) is 0 Å². The van der Waals surface area contributed by atoms with E-state index in [1.54, 1.807) is 11.6 Å². The zero-order valence-corrected chi connectivity index (χ0v) is 12.1. The Morgan fingerprint density at radius 1 is 1.40 bits per heavy atom. The fourth-order valence-electron chi connectivity index (χ4n) is 2.07. The maximum atomic E-state index is 12.0. The van der Waals surface area contributed by atoms with E-state index in [4.69, 9.17) is 4.74 Å². The predicted molar refractivity (Wildman–Crippen MR) is 83.0 cm³/mol. The lowest BCUT2D eigenvalue weighted by atomic mass is 10.2. The van der Waals surface area contributed by atoms with Crippen LogP contribution < -0.4 is 10.3 Å². The van der Waals surface area contributed by atoms with Crippen LogP contribution in [-0.4, -0.2) is 4.57 Å². The highest BCUT2D eigenvalue weighted by Gasteiger charge is 2.09. The maximum absolute atomic E-state index is 12.0. The largest absolute Gasteiger partial charge is 0.457 e. The first-order chi connectivity index (χ1) is 9.54. The van der Waals surface area contributed by atoms with E-state index in [2.05, 4.69) is 6.58 Å². The lowest BCUT2D eigenvalue weighted by molar-refractivity contribution is 0.437. The Bertz CT molecular complexity index is 738. The quantitative estimate of drug-likeness (QED) is 0.624. The Hall–Kier alpha value is -2.29. The molecule has 1 aromatic heterocycles. The smallest absolute Gasteiger partial charge is 0.254 e. The monoisotopic (exact) mass is 269 g/mol. The minimum Gasteiger partial charge on any atom is -0.457 e. The topological polar surface area (TPSA) is 31.2 Å². The Labute approximate surface area is 118 Å². The molecule has 1 heterocycles. The van der Waals surface area contributed by atoms with Crippen molar-refractivity contribution in [1.82, 2.24) is 4.57 Å². The van der Waals surface area contributed by atoms with E-state index in [0.717, 1.165) is 22.9 Å². The molecule has 0 aliphatic heterocycles. The van der Waals surface area contributed by atoms with E-state index >= 15 is 0 Å². The second-order valence-electron chi connectivity index (χ2n) is 4.78. The fourth-order valence-corrected chi connectivity index (χ4v) is 2.07. The summed E-state index contributed by atoms with van der Waals surface area (Å²) in [6.07, 6.45) is 2.82. The summed E-state index contributed by atoms with van der Waals surface area (Å²) in [5.41, 5.74) is 1.61. The third-order valence-electron chi connectivity index (χ3n) is 3.15. The Morgan fingerprint density at radius 2 is 2.10 bits per heavy atom. The molecule has 20 heavy (non-hydrogen) atoms. The van der Waals surface area contributed by atoms with Crippen molar-refractivity contribution in [2.75, 3.05) is 0 Å². The first kappa shape index (κ1) is 14.1. The van der Waals surface area contributed by atoms with Gasteiger partial charge in [-0.05, 0) is 37.1 Å². The van der Waals surface area contributed by atoms with Gasteiger partial charge in [0.15, 0.2) is 0 Å². The van der Waals surface area contributed by atoms with Crippen LogP contribution in [0.25, 0.3) is 10.9 Å². The number of allylic oxidation sites excluding steroid dienone is 2. The molecule has 0 amide bonds. The van der Waals surface area contributed by atoms with Gasteiger partial charge >= 0.3 is 0 Å². The zero-order valence-electron chi connectivity index (χ0n) is 12.1. The molecule has 3 heteroatoms. The lowest BCUT2D eigenvalue weighted by Crippen LogP contribution is -2.16. The molecule has 0 N–H and O–H groups in total. The standard InChI is InChI=1S/C17H19NO2/c1-5-8-15(12(2)3)20-16-11-17(19)18(4)14-10-7-6-9-13(14)16/h6-11H,2,5H2,1,3-4H3/b15-8-. The molecular weight excluding hydrogens is 250 g/mol. The third-order valence-corrected chi connectivity index (χ3v) is 3.15. The van der Waals surface area contributed by atoms with Crippen molar-refractivity contribution in [3.63, 3.8) is 0 Å². The van der Waals surface area contributed by atoms with Gasteiger partial charge in [-0.3, -0.25) is 4.79 Å². The number of pyridine rings is 1. The van der Waals surface area contributed by atoms with Crippen LogP contribution in [-0.2, 0) is 7.05 Å². The van der Waals surface area contributed by atoms with Gasteiger partial charge in [0, 0.05) is 18.5 Å². The molecule has 0 radical (unpaired) electrons. The number of aromatic nitrogens is 1. The summed E-state index contributed by atoms with van der Waals surface area (Å²) in [4.78, 5) is 12.0. The Morgan fingerprint density at radius 3 is 2.75 bits per heavy atom. The first-order valence-electron chi connectivity index (χ1n) is 6.67. The number of hydrogen-bond donors (Lipinski definition) is 0. The average Bonchev–Trinajstić information content (AvgIpc) is 2.43. The molecule has 0 unspecified atom stereocenters. The number of aryl methyl sites for hydroxylation is 1. The Kier molecular flexibility index (Phi) is 4.08. The molecule has 104 valence electrons. The molecule has 2 rings (SSSR count). The van der Waals surface area contributed by atoms with Gasteiger partial charge in [0.1, 0.15) is 11.5 Å². The second kappa shape index (κ2) is 5.78. The highest BCUT2D eigenvalue weighted by Crippen LogP contribution is 2.26. The van der Waals surface area contributed by atoms with Gasteiger partial charge in [0.05, 0.1) is 5.52 Å². The van der Waals surface area contributed by atoms with E-state index in [-0.39, 0.29) is 5.56 Å². The van der Waals surface area contributed by atoms with Crippen LogP contribution >= 0.6 is 0 Å². The molecule has 0 atom stereocenters. The molecule has 3 nitrogen and oxygen atoms in total. The normalized spacial score (nSPS) is 11.7. The van der Waals surface area contributed by atoms with Gasteiger partial charge in [0.25, 0.3) is 5.56 Å². The summed E-state index contributed by atoms with van der Waals surface area (Å²) in [5, 5.41) is 0.915. The second-order valence-corrected chi connectivity index (χ2v) is 4.78. The van der Waals surface area contributed by atoms with E-state index in [1.165, 1.54) is 6.07 Å². The summed E-state index contributed by atoms with van der Waals surface area (Å²) < 4.78 is 7.53. The number of hydrogen-bond acceptors (Lipinski definition) is 2. The molecular formula is C17H19NO2. The molecule has 0 aliphatic carbocycles. The van der Waals surface area contributed by atoms with Crippen molar-refractivity contribution < 1.29 is 4.74 Å². The maximum Gasteiger partial charge on any atom is 0.254 e. The predicted octanol–water partition coefficient (Wildman–Crippen LogP) is 3.79. The molecule has 0 fully saturated rings. The highest BCUT2D eigenvalue weighted by atomic mass is 16.5. The molecule has 1 aromatic carbocycles. The van der Waals surface area contributed by atoms with Crippen molar-refractivity contribution in [1.29, 1.82) is 0 Å². The van der Waals surface area contributed by atoms with Crippen LogP contribution in [0.3, 0.4) is 0 Å². The number of rotatable bonds is 4. The van der Waals surface area contributed by atoms with Crippen molar-refractivity contribution in [2.45, 2.75) is 20.3 Å². The highest BCUT2D eigenvalue weighted by molar-refractivity contribution is 5.85. The molecule has 0 spiro atoms. The van der Waals surface area contributed by atoms with E-state index in [9.17, 15) is 4.79 Å². The van der Waals surface area contributed by atoms with Crippen LogP contribution in [0.15, 0.2) is 59.1 Å². The van der Waals surface area contributed by atoms with Crippen LogP contribution in [0, 0.1) is 0 Å². The zero-order chi connectivity index (χ0) is 14.7. The van der Waals surface area contributed by atoms with Crippen molar-refractivity contribution in [3.8, 4) is 5.75 Å². The van der Waals surface area contributed by atoms with Crippen molar-refractivity contribution in [3.05, 3.63) is 64.7 Å². The van der Waals surface area contributed by atoms with Crippen LogP contribution in [0.1, 0.15) is 20.3 Å². The van der Waals surface area contributed by atoms with Crippen LogP contribution in [0.2, 0.25) is 0 Å². The number of para-hydroxylation sites is 1.